The quantitative estimate of drug-likeness (QED) is 0.245. The zero-order valence-electron chi connectivity index (χ0n) is 18.7. The van der Waals surface area contributed by atoms with Crippen LogP contribution >= 0.6 is 0 Å². The van der Waals surface area contributed by atoms with Gasteiger partial charge in [0.15, 0.2) is 6.61 Å². The standard InChI is InChI=1S/C25H42O4/c1-3-4-5-6-7-8-9-10-11-12-13-14-15-16-19-28-24-18-17-23(20-22(24)2)29-21-25(26)27/h17-18,20H,3-16,19,21H2,1-2H3,(H,26,27). The Morgan fingerprint density at radius 2 is 1.31 bits per heavy atom. The first-order chi connectivity index (χ1) is 14.1. The van der Waals surface area contributed by atoms with Crippen molar-refractivity contribution in [3.63, 3.8) is 0 Å². The summed E-state index contributed by atoms with van der Waals surface area (Å²) in [6.45, 7) is 4.64. The number of unbranched alkanes of at least 4 members (excludes halogenated alkanes) is 13. The predicted molar refractivity (Wildman–Crippen MR) is 120 cm³/mol. The summed E-state index contributed by atoms with van der Waals surface area (Å²) in [7, 11) is 0. The molecular formula is C25H42O4. The smallest absolute Gasteiger partial charge is 0.341 e. The van der Waals surface area contributed by atoms with E-state index in [0.717, 1.165) is 24.3 Å². The first-order valence-electron chi connectivity index (χ1n) is 11.7. The Kier molecular flexibility index (Phi) is 15.0. The number of hydrogen-bond donors (Lipinski definition) is 1. The Labute approximate surface area is 178 Å². The number of carboxylic acids is 1. The van der Waals surface area contributed by atoms with Gasteiger partial charge in [-0.3, -0.25) is 0 Å². The van der Waals surface area contributed by atoms with Crippen LogP contribution in [0.5, 0.6) is 11.5 Å². The molecule has 0 heterocycles. The van der Waals surface area contributed by atoms with E-state index in [1.807, 2.05) is 19.1 Å². The summed E-state index contributed by atoms with van der Waals surface area (Å²) < 4.78 is 11.0. The minimum absolute atomic E-state index is 0.321. The highest BCUT2D eigenvalue weighted by Gasteiger charge is 2.04. The largest absolute Gasteiger partial charge is 0.493 e. The summed E-state index contributed by atoms with van der Waals surface area (Å²) in [4.78, 5) is 10.5. The third-order valence-electron chi connectivity index (χ3n) is 5.26. The summed E-state index contributed by atoms with van der Waals surface area (Å²) in [5.41, 5.74) is 0.971. The highest BCUT2D eigenvalue weighted by molar-refractivity contribution is 5.68. The third-order valence-corrected chi connectivity index (χ3v) is 5.26. The fourth-order valence-electron chi connectivity index (χ4n) is 3.50. The molecule has 1 aromatic rings. The number of carboxylic acid groups (broad SMARTS) is 1. The van der Waals surface area contributed by atoms with E-state index in [9.17, 15) is 4.79 Å². The molecule has 0 aliphatic carbocycles. The van der Waals surface area contributed by atoms with Crippen molar-refractivity contribution in [2.75, 3.05) is 13.2 Å². The van der Waals surface area contributed by atoms with Crippen LogP contribution in [-0.4, -0.2) is 24.3 Å². The molecule has 0 saturated heterocycles. The fourth-order valence-corrected chi connectivity index (χ4v) is 3.50. The molecular weight excluding hydrogens is 364 g/mol. The molecule has 0 spiro atoms. The molecule has 29 heavy (non-hydrogen) atoms. The molecule has 166 valence electrons. The number of rotatable bonds is 19. The van der Waals surface area contributed by atoms with Gasteiger partial charge < -0.3 is 14.6 Å². The van der Waals surface area contributed by atoms with Crippen LogP contribution in [0, 0.1) is 6.92 Å². The Morgan fingerprint density at radius 3 is 1.79 bits per heavy atom. The van der Waals surface area contributed by atoms with E-state index in [1.54, 1.807) is 6.07 Å². The van der Waals surface area contributed by atoms with E-state index in [-0.39, 0.29) is 6.61 Å². The van der Waals surface area contributed by atoms with E-state index in [4.69, 9.17) is 14.6 Å². The summed E-state index contributed by atoms with van der Waals surface area (Å²) in [5, 5.41) is 8.65. The van der Waals surface area contributed by atoms with Crippen molar-refractivity contribution in [3.8, 4) is 11.5 Å². The molecule has 0 bridgehead atoms. The van der Waals surface area contributed by atoms with Crippen molar-refractivity contribution in [1.29, 1.82) is 0 Å². The fraction of sp³-hybridized carbons (Fsp3) is 0.720. The van der Waals surface area contributed by atoms with Gasteiger partial charge in [0.1, 0.15) is 11.5 Å². The zero-order valence-corrected chi connectivity index (χ0v) is 18.7. The van der Waals surface area contributed by atoms with Crippen molar-refractivity contribution in [3.05, 3.63) is 23.8 Å². The molecule has 0 radical (unpaired) electrons. The average molecular weight is 407 g/mol. The SMILES string of the molecule is CCCCCCCCCCCCCCCCOc1ccc(OCC(=O)O)cc1C. The lowest BCUT2D eigenvalue weighted by molar-refractivity contribution is -0.139. The normalized spacial score (nSPS) is 10.8. The van der Waals surface area contributed by atoms with Crippen molar-refractivity contribution in [2.24, 2.45) is 0 Å². The Morgan fingerprint density at radius 1 is 0.793 bits per heavy atom. The highest BCUT2D eigenvalue weighted by Crippen LogP contribution is 2.23. The second-order valence-electron chi connectivity index (χ2n) is 8.05. The number of carbonyl (C=O) groups is 1. The molecule has 0 unspecified atom stereocenters. The van der Waals surface area contributed by atoms with E-state index >= 15 is 0 Å². The van der Waals surface area contributed by atoms with Gasteiger partial charge in [-0.05, 0) is 37.1 Å². The van der Waals surface area contributed by atoms with Crippen molar-refractivity contribution >= 4 is 5.97 Å². The molecule has 0 aliphatic heterocycles. The maximum absolute atomic E-state index is 10.5. The van der Waals surface area contributed by atoms with Crippen molar-refractivity contribution < 1.29 is 19.4 Å². The van der Waals surface area contributed by atoms with Crippen molar-refractivity contribution in [2.45, 2.75) is 104 Å². The van der Waals surface area contributed by atoms with Crippen LogP contribution in [0.15, 0.2) is 18.2 Å². The molecule has 1 aromatic carbocycles. The van der Waals surface area contributed by atoms with Crippen molar-refractivity contribution in [1.82, 2.24) is 0 Å². The molecule has 1 N–H and O–H groups in total. The monoisotopic (exact) mass is 406 g/mol. The second kappa shape index (κ2) is 17.2. The van der Waals surface area contributed by atoms with E-state index < -0.39 is 5.97 Å². The van der Waals surface area contributed by atoms with E-state index in [0.29, 0.717) is 5.75 Å². The van der Waals surface area contributed by atoms with E-state index in [2.05, 4.69) is 6.92 Å². The van der Waals surface area contributed by atoms with Crippen LogP contribution in [0.4, 0.5) is 0 Å². The van der Waals surface area contributed by atoms with E-state index in [1.165, 1.54) is 83.5 Å². The minimum atomic E-state index is -0.971. The van der Waals surface area contributed by atoms with Crippen LogP contribution in [0.25, 0.3) is 0 Å². The van der Waals surface area contributed by atoms with Gasteiger partial charge in [0.2, 0.25) is 0 Å². The summed E-state index contributed by atoms with van der Waals surface area (Å²) in [6.07, 6.45) is 19.0. The Hall–Kier alpha value is -1.71. The molecule has 0 saturated carbocycles. The number of ether oxygens (including phenoxy) is 2. The first kappa shape index (κ1) is 25.3. The molecule has 0 aromatic heterocycles. The number of aryl methyl sites for hydroxylation is 1. The maximum Gasteiger partial charge on any atom is 0.341 e. The van der Waals surface area contributed by atoms with Gasteiger partial charge in [0.05, 0.1) is 6.61 Å². The highest BCUT2D eigenvalue weighted by atomic mass is 16.5. The summed E-state index contributed by atoms with van der Waals surface area (Å²) in [5.74, 6) is 0.442. The number of benzene rings is 1. The summed E-state index contributed by atoms with van der Waals surface area (Å²) >= 11 is 0. The molecule has 4 nitrogen and oxygen atoms in total. The number of hydrogen-bond acceptors (Lipinski definition) is 3. The minimum Gasteiger partial charge on any atom is -0.493 e. The van der Waals surface area contributed by atoms with Crippen LogP contribution in [0.1, 0.15) is 102 Å². The third kappa shape index (κ3) is 14.0. The molecule has 1 rings (SSSR count). The van der Waals surface area contributed by atoms with Crippen LogP contribution in [0.3, 0.4) is 0 Å². The number of aliphatic carboxylic acids is 1. The molecule has 0 fully saturated rings. The molecule has 0 aliphatic rings. The van der Waals surface area contributed by atoms with Crippen LogP contribution < -0.4 is 9.47 Å². The predicted octanol–water partition coefficient (Wildman–Crippen LogP) is 7.32. The lowest BCUT2D eigenvalue weighted by atomic mass is 10.0. The zero-order chi connectivity index (χ0) is 21.2. The lowest BCUT2D eigenvalue weighted by Gasteiger charge is -2.11. The maximum atomic E-state index is 10.5. The van der Waals surface area contributed by atoms with Gasteiger partial charge in [-0.1, -0.05) is 90.4 Å². The summed E-state index contributed by atoms with van der Waals surface area (Å²) in [6, 6.07) is 5.44. The van der Waals surface area contributed by atoms with Gasteiger partial charge in [-0.2, -0.15) is 0 Å². The topological polar surface area (TPSA) is 55.8 Å². The molecule has 0 atom stereocenters. The first-order valence-corrected chi connectivity index (χ1v) is 11.7. The van der Waals surface area contributed by atoms with Crippen LogP contribution in [-0.2, 0) is 4.79 Å². The van der Waals surface area contributed by atoms with Gasteiger partial charge >= 0.3 is 5.97 Å². The molecule has 0 amide bonds. The Balaban J connectivity index is 1.93. The Bertz CT molecular complexity index is 542. The lowest BCUT2D eigenvalue weighted by Crippen LogP contribution is -2.09. The second-order valence-corrected chi connectivity index (χ2v) is 8.05. The average Bonchev–Trinajstić information content (AvgIpc) is 2.70. The molecule has 4 heteroatoms. The van der Waals surface area contributed by atoms with Crippen LogP contribution in [0.2, 0.25) is 0 Å². The van der Waals surface area contributed by atoms with Gasteiger partial charge in [-0.15, -0.1) is 0 Å². The van der Waals surface area contributed by atoms with Gasteiger partial charge in [0, 0.05) is 0 Å². The van der Waals surface area contributed by atoms with Gasteiger partial charge in [0.25, 0.3) is 0 Å². The van der Waals surface area contributed by atoms with Gasteiger partial charge in [-0.25, -0.2) is 4.79 Å².